The zero-order valence-corrected chi connectivity index (χ0v) is 17.3. The largest absolute Gasteiger partial charge is 0.356 e. The normalized spacial score (nSPS) is 12.2. The molecule has 0 spiro atoms. The molecule has 0 saturated carbocycles. The molecule has 148 valence electrons. The Labute approximate surface area is 160 Å². The first-order chi connectivity index (χ1) is 12.3. The number of carbonyl (C=O) groups excluding carboxylic acids is 1. The number of amides is 1. The van der Waals surface area contributed by atoms with Gasteiger partial charge in [-0.1, -0.05) is 69.9 Å². The first kappa shape index (κ1) is 22.7. The molecule has 0 aromatic heterocycles. The SMILES string of the molecule is CCCCC(CCCC)(CC(=O)NCCC[N+](C)(C)O)c1ccccc1. The summed E-state index contributed by atoms with van der Waals surface area (Å²) < 4.78 is -0.0587. The minimum atomic E-state index is -0.0658. The molecule has 0 heterocycles. The standard InChI is InChI=1S/C22H38N2O2/c1-5-7-15-22(16-8-6-2,20-13-10-9-11-14-20)19-21(25)23-17-12-18-24(3,4)26/h9-11,13-14,26H,5-8,12,15-19H2,1-4H3/p+1. The number of hydrogen-bond acceptors (Lipinski definition) is 2. The molecule has 0 bridgehead atoms. The molecule has 1 aromatic rings. The summed E-state index contributed by atoms with van der Waals surface area (Å²) in [4.78, 5) is 12.7. The Hall–Kier alpha value is -1.39. The third kappa shape index (κ3) is 8.33. The van der Waals surface area contributed by atoms with E-state index in [9.17, 15) is 10.0 Å². The molecule has 1 rings (SSSR count). The molecule has 4 heteroatoms. The second-order valence-corrected chi connectivity index (χ2v) is 8.08. The number of nitrogens with zero attached hydrogens (tertiary/aromatic N) is 1. The minimum Gasteiger partial charge on any atom is -0.356 e. The van der Waals surface area contributed by atoms with Gasteiger partial charge in [-0.15, -0.1) is 0 Å². The zero-order chi connectivity index (χ0) is 19.5. The molecule has 0 saturated heterocycles. The number of nitrogens with one attached hydrogen (secondary N) is 1. The van der Waals surface area contributed by atoms with Gasteiger partial charge in [-0.05, 0) is 18.4 Å². The van der Waals surface area contributed by atoms with Gasteiger partial charge in [-0.2, -0.15) is 4.65 Å². The zero-order valence-electron chi connectivity index (χ0n) is 17.3. The van der Waals surface area contributed by atoms with E-state index < -0.39 is 0 Å². The van der Waals surface area contributed by atoms with E-state index in [1.807, 2.05) is 6.07 Å². The van der Waals surface area contributed by atoms with E-state index in [1.54, 1.807) is 14.1 Å². The summed E-state index contributed by atoms with van der Waals surface area (Å²) in [6.45, 7) is 5.68. The van der Waals surface area contributed by atoms with Gasteiger partial charge in [0.15, 0.2) is 0 Å². The number of carbonyl (C=O) groups is 1. The van der Waals surface area contributed by atoms with Gasteiger partial charge in [-0.25, -0.2) is 5.21 Å². The fraction of sp³-hybridized carbons (Fsp3) is 0.682. The van der Waals surface area contributed by atoms with Gasteiger partial charge in [0.1, 0.15) is 6.54 Å². The molecule has 0 aliphatic heterocycles. The van der Waals surface area contributed by atoms with Crippen molar-refractivity contribution in [2.75, 3.05) is 27.2 Å². The second kappa shape index (κ2) is 11.3. The fourth-order valence-corrected chi connectivity index (χ4v) is 3.58. The minimum absolute atomic E-state index is 0.0587. The molecular formula is C22H39N2O2+. The Kier molecular flexibility index (Phi) is 9.89. The van der Waals surface area contributed by atoms with Crippen LogP contribution < -0.4 is 5.32 Å². The summed E-state index contributed by atoms with van der Waals surface area (Å²) in [6.07, 6.45) is 8.01. The molecule has 1 amide bonds. The molecule has 4 nitrogen and oxygen atoms in total. The van der Waals surface area contributed by atoms with E-state index in [1.165, 1.54) is 5.56 Å². The van der Waals surface area contributed by atoms with Crippen molar-refractivity contribution in [3.63, 3.8) is 0 Å². The number of hydrogen-bond donors (Lipinski definition) is 2. The molecular weight excluding hydrogens is 324 g/mol. The van der Waals surface area contributed by atoms with Crippen LogP contribution in [0.25, 0.3) is 0 Å². The molecule has 0 aliphatic rings. The van der Waals surface area contributed by atoms with Crippen LogP contribution >= 0.6 is 0 Å². The molecule has 0 atom stereocenters. The number of unbranched alkanes of at least 4 members (excludes halogenated alkanes) is 2. The fourth-order valence-electron chi connectivity index (χ4n) is 3.58. The van der Waals surface area contributed by atoms with E-state index in [4.69, 9.17) is 0 Å². The highest BCUT2D eigenvalue weighted by Gasteiger charge is 2.33. The summed E-state index contributed by atoms with van der Waals surface area (Å²) in [5.74, 6) is 0.129. The van der Waals surface area contributed by atoms with Crippen LogP contribution in [0.3, 0.4) is 0 Å². The number of rotatable bonds is 13. The highest BCUT2D eigenvalue weighted by Crippen LogP contribution is 2.38. The molecule has 0 unspecified atom stereocenters. The van der Waals surface area contributed by atoms with Crippen LogP contribution in [0.4, 0.5) is 0 Å². The van der Waals surface area contributed by atoms with Crippen molar-refractivity contribution < 1.29 is 14.6 Å². The highest BCUT2D eigenvalue weighted by molar-refractivity contribution is 5.77. The van der Waals surface area contributed by atoms with E-state index in [2.05, 4.69) is 43.4 Å². The van der Waals surface area contributed by atoms with Gasteiger partial charge < -0.3 is 5.32 Å². The quantitative estimate of drug-likeness (QED) is 0.304. The van der Waals surface area contributed by atoms with Crippen molar-refractivity contribution in [1.82, 2.24) is 5.32 Å². The maximum atomic E-state index is 12.7. The van der Waals surface area contributed by atoms with Gasteiger partial charge >= 0.3 is 0 Å². The Morgan fingerprint density at radius 2 is 1.62 bits per heavy atom. The maximum absolute atomic E-state index is 12.7. The first-order valence-electron chi connectivity index (χ1n) is 10.2. The van der Waals surface area contributed by atoms with Gasteiger partial charge in [0, 0.05) is 24.8 Å². The van der Waals surface area contributed by atoms with E-state index in [0.717, 1.165) is 44.9 Å². The predicted octanol–water partition coefficient (Wildman–Crippen LogP) is 4.67. The van der Waals surface area contributed by atoms with Crippen LogP contribution in [0.5, 0.6) is 0 Å². The first-order valence-corrected chi connectivity index (χ1v) is 10.2. The Morgan fingerprint density at radius 1 is 1.04 bits per heavy atom. The molecule has 2 N–H and O–H groups in total. The van der Waals surface area contributed by atoms with Crippen LogP contribution in [0.2, 0.25) is 0 Å². The lowest BCUT2D eigenvalue weighted by molar-refractivity contribution is -1.07. The summed E-state index contributed by atoms with van der Waals surface area (Å²) >= 11 is 0. The lowest BCUT2D eigenvalue weighted by atomic mass is 9.70. The molecule has 0 fully saturated rings. The Bertz CT molecular complexity index is 501. The van der Waals surface area contributed by atoms with Gasteiger partial charge in [-0.3, -0.25) is 4.79 Å². The van der Waals surface area contributed by atoms with Crippen molar-refractivity contribution in [1.29, 1.82) is 0 Å². The molecule has 0 aliphatic carbocycles. The topological polar surface area (TPSA) is 49.3 Å². The molecule has 26 heavy (non-hydrogen) atoms. The van der Waals surface area contributed by atoms with Crippen molar-refractivity contribution in [2.24, 2.45) is 0 Å². The number of hydroxylamine groups is 3. The summed E-state index contributed by atoms with van der Waals surface area (Å²) in [5.41, 5.74) is 1.23. The van der Waals surface area contributed by atoms with Crippen molar-refractivity contribution in [3.8, 4) is 0 Å². The number of benzene rings is 1. The van der Waals surface area contributed by atoms with Crippen LogP contribution in [-0.4, -0.2) is 42.9 Å². The highest BCUT2D eigenvalue weighted by atomic mass is 16.5. The molecule has 0 radical (unpaired) electrons. The monoisotopic (exact) mass is 363 g/mol. The Morgan fingerprint density at radius 3 is 2.12 bits per heavy atom. The van der Waals surface area contributed by atoms with E-state index in [-0.39, 0.29) is 16.0 Å². The Balaban J connectivity index is 2.81. The van der Waals surface area contributed by atoms with Crippen molar-refractivity contribution >= 4 is 5.91 Å². The smallest absolute Gasteiger partial charge is 0.220 e. The van der Waals surface area contributed by atoms with Crippen LogP contribution in [-0.2, 0) is 10.2 Å². The summed E-state index contributed by atoms with van der Waals surface area (Å²) in [7, 11) is 3.50. The third-order valence-electron chi connectivity index (χ3n) is 5.11. The summed E-state index contributed by atoms with van der Waals surface area (Å²) in [6, 6.07) is 10.6. The van der Waals surface area contributed by atoms with Gasteiger partial charge in [0.25, 0.3) is 0 Å². The predicted molar refractivity (Wildman–Crippen MR) is 108 cm³/mol. The number of quaternary nitrogens is 1. The van der Waals surface area contributed by atoms with Crippen LogP contribution in [0, 0.1) is 0 Å². The van der Waals surface area contributed by atoms with Crippen LogP contribution in [0.15, 0.2) is 30.3 Å². The summed E-state index contributed by atoms with van der Waals surface area (Å²) in [5, 5.41) is 12.8. The lowest BCUT2D eigenvalue weighted by Gasteiger charge is -2.34. The average Bonchev–Trinajstić information content (AvgIpc) is 2.61. The van der Waals surface area contributed by atoms with Crippen molar-refractivity contribution in [2.45, 2.75) is 70.6 Å². The maximum Gasteiger partial charge on any atom is 0.220 e. The third-order valence-corrected chi connectivity index (χ3v) is 5.11. The van der Waals surface area contributed by atoms with Gasteiger partial charge in [0.05, 0.1) is 14.1 Å². The average molecular weight is 364 g/mol. The second-order valence-electron chi connectivity index (χ2n) is 8.08. The van der Waals surface area contributed by atoms with E-state index in [0.29, 0.717) is 19.5 Å². The van der Waals surface area contributed by atoms with Gasteiger partial charge in [0.2, 0.25) is 5.91 Å². The van der Waals surface area contributed by atoms with Crippen LogP contribution in [0.1, 0.15) is 70.8 Å². The van der Waals surface area contributed by atoms with E-state index >= 15 is 0 Å². The lowest BCUT2D eigenvalue weighted by Crippen LogP contribution is -2.39. The molecule has 1 aromatic carbocycles. The van der Waals surface area contributed by atoms with Crippen molar-refractivity contribution in [3.05, 3.63) is 35.9 Å².